The minimum absolute atomic E-state index is 0.630. The van der Waals surface area contributed by atoms with Crippen molar-refractivity contribution in [2.24, 2.45) is 5.73 Å². The van der Waals surface area contributed by atoms with Crippen molar-refractivity contribution >= 4 is 11.5 Å². The van der Waals surface area contributed by atoms with Gasteiger partial charge in [0, 0.05) is 6.54 Å². The van der Waals surface area contributed by atoms with E-state index in [1.807, 2.05) is 37.3 Å². The van der Waals surface area contributed by atoms with E-state index < -0.39 is 0 Å². The van der Waals surface area contributed by atoms with Crippen molar-refractivity contribution in [1.29, 1.82) is 0 Å². The van der Waals surface area contributed by atoms with Gasteiger partial charge in [0.1, 0.15) is 5.75 Å². The Labute approximate surface area is 119 Å². The van der Waals surface area contributed by atoms with Crippen molar-refractivity contribution < 1.29 is 4.74 Å². The lowest BCUT2D eigenvalue weighted by Crippen LogP contribution is -2.22. The number of ether oxygens (including phenoxy) is 1. The van der Waals surface area contributed by atoms with Crippen LogP contribution in [0.1, 0.15) is 12.0 Å². The van der Waals surface area contributed by atoms with E-state index in [4.69, 9.17) is 10.5 Å². The van der Waals surface area contributed by atoms with Crippen LogP contribution in [0.25, 0.3) is 0 Å². The minimum Gasteiger partial charge on any atom is -0.495 e. The van der Waals surface area contributed by atoms with Crippen molar-refractivity contribution in [3.05, 3.63) is 42.1 Å². The molecule has 5 heteroatoms. The molecule has 0 aliphatic rings. The number of nitrogens with two attached hydrogens (primary N) is 1. The number of aromatic nitrogens is 2. The molecular weight excluding hydrogens is 252 g/mol. The zero-order chi connectivity index (χ0) is 14.4. The number of para-hydroxylation sites is 2. The first-order chi connectivity index (χ1) is 9.76. The predicted octanol–water partition coefficient (Wildman–Crippen LogP) is 2.28. The van der Waals surface area contributed by atoms with Gasteiger partial charge in [-0.2, -0.15) is 5.10 Å². The first-order valence-electron chi connectivity index (χ1n) is 6.66. The van der Waals surface area contributed by atoms with Crippen LogP contribution in [0.3, 0.4) is 0 Å². The molecule has 0 saturated carbocycles. The number of aryl methyl sites for hydroxylation is 1. The van der Waals surface area contributed by atoms with E-state index in [1.54, 1.807) is 13.3 Å². The summed E-state index contributed by atoms with van der Waals surface area (Å²) in [7, 11) is 1.67. The summed E-state index contributed by atoms with van der Waals surface area (Å²) in [5, 5.41) is 8.25. The van der Waals surface area contributed by atoms with E-state index in [1.165, 1.54) is 0 Å². The Morgan fingerprint density at radius 2 is 2.10 bits per heavy atom. The van der Waals surface area contributed by atoms with Gasteiger partial charge in [0.25, 0.3) is 0 Å². The van der Waals surface area contributed by atoms with Crippen molar-refractivity contribution in [3.63, 3.8) is 0 Å². The molecular formula is C15H20N4O. The van der Waals surface area contributed by atoms with Crippen molar-refractivity contribution in [1.82, 2.24) is 10.2 Å². The van der Waals surface area contributed by atoms with Gasteiger partial charge in [0.15, 0.2) is 5.82 Å². The lowest BCUT2D eigenvalue weighted by Gasteiger charge is -2.25. The molecule has 20 heavy (non-hydrogen) atoms. The van der Waals surface area contributed by atoms with Crippen LogP contribution in [-0.4, -0.2) is 30.4 Å². The normalized spacial score (nSPS) is 10.3. The molecule has 0 aliphatic carbocycles. The highest BCUT2D eigenvalue weighted by atomic mass is 16.5. The molecule has 0 saturated heterocycles. The fraction of sp³-hybridized carbons (Fsp3) is 0.333. The Kier molecular flexibility index (Phi) is 4.90. The van der Waals surface area contributed by atoms with E-state index in [0.717, 1.165) is 35.8 Å². The first kappa shape index (κ1) is 14.3. The third-order valence-electron chi connectivity index (χ3n) is 3.02. The van der Waals surface area contributed by atoms with Gasteiger partial charge < -0.3 is 15.4 Å². The average Bonchev–Trinajstić information content (AvgIpc) is 2.48. The summed E-state index contributed by atoms with van der Waals surface area (Å²) in [4.78, 5) is 2.09. The molecule has 2 rings (SSSR count). The van der Waals surface area contributed by atoms with E-state index in [9.17, 15) is 0 Å². The maximum atomic E-state index is 5.64. The summed E-state index contributed by atoms with van der Waals surface area (Å²) >= 11 is 0. The molecule has 0 aliphatic heterocycles. The van der Waals surface area contributed by atoms with Crippen LogP contribution >= 0.6 is 0 Å². The number of benzene rings is 1. The summed E-state index contributed by atoms with van der Waals surface area (Å²) < 4.78 is 5.44. The standard InChI is InChI=1S/C15H20N4O/c1-12-10-15(18-17-11-12)19(9-5-8-16)13-6-3-4-7-14(13)20-2/h3-4,6-7,10-11H,5,8-9,16H2,1-2H3. The molecule has 0 fully saturated rings. The summed E-state index contributed by atoms with van der Waals surface area (Å²) in [6.07, 6.45) is 2.61. The second kappa shape index (κ2) is 6.86. The van der Waals surface area contributed by atoms with Gasteiger partial charge >= 0.3 is 0 Å². The molecule has 1 heterocycles. The molecule has 0 atom stereocenters. The molecule has 0 amide bonds. The minimum atomic E-state index is 0.630. The molecule has 1 aromatic carbocycles. The summed E-state index contributed by atoms with van der Waals surface area (Å²) in [6.45, 7) is 3.40. The lowest BCUT2D eigenvalue weighted by atomic mass is 10.2. The highest BCUT2D eigenvalue weighted by Gasteiger charge is 2.15. The average molecular weight is 272 g/mol. The fourth-order valence-electron chi connectivity index (χ4n) is 2.04. The predicted molar refractivity (Wildman–Crippen MR) is 80.4 cm³/mol. The van der Waals surface area contributed by atoms with Crippen molar-refractivity contribution in [2.45, 2.75) is 13.3 Å². The van der Waals surface area contributed by atoms with Crippen LogP contribution in [-0.2, 0) is 0 Å². The molecule has 0 bridgehead atoms. The molecule has 2 N–H and O–H groups in total. The maximum Gasteiger partial charge on any atom is 0.156 e. The third kappa shape index (κ3) is 3.24. The summed E-state index contributed by atoms with van der Waals surface area (Å²) in [6, 6.07) is 9.89. The summed E-state index contributed by atoms with van der Waals surface area (Å²) in [5.74, 6) is 1.62. The fourth-order valence-corrected chi connectivity index (χ4v) is 2.04. The molecule has 1 aromatic heterocycles. The SMILES string of the molecule is COc1ccccc1N(CCCN)c1cc(C)cnn1. The van der Waals surface area contributed by atoms with Crippen LogP contribution in [0.2, 0.25) is 0 Å². The second-order valence-electron chi connectivity index (χ2n) is 4.56. The van der Waals surface area contributed by atoms with Crippen LogP contribution in [0.4, 0.5) is 11.5 Å². The van der Waals surface area contributed by atoms with Crippen molar-refractivity contribution in [3.8, 4) is 5.75 Å². The zero-order valence-electron chi connectivity index (χ0n) is 11.9. The monoisotopic (exact) mass is 272 g/mol. The van der Waals surface area contributed by atoms with Gasteiger partial charge in [-0.05, 0) is 43.7 Å². The Bertz CT molecular complexity index is 559. The van der Waals surface area contributed by atoms with E-state index in [2.05, 4.69) is 15.1 Å². The van der Waals surface area contributed by atoms with Gasteiger partial charge in [-0.3, -0.25) is 0 Å². The Balaban J connectivity index is 2.41. The topological polar surface area (TPSA) is 64.3 Å². The molecule has 0 radical (unpaired) electrons. The Hall–Kier alpha value is -2.14. The Morgan fingerprint density at radius 3 is 2.80 bits per heavy atom. The van der Waals surface area contributed by atoms with Crippen molar-refractivity contribution in [2.75, 3.05) is 25.1 Å². The molecule has 106 valence electrons. The van der Waals surface area contributed by atoms with E-state index >= 15 is 0 Å². The highest BCUT2D eigenvalue weighted by Crippen LogP contribution is 2.32. The highest BCUT2D eigenvalue weighted by molar-refractivity contribution is 5.67. The van der Waals surface area contributed by atoms with Crippen LogP contribution in [0.5, 0.6) is 5.75 Å². The van der Waals surface area contributed by atoms with E-state index in [0.29, 0.717) is 6.54 Å². The van der Waals surface area contributed by atoms with Gasteiger partial charge in [0.2, 0.25) is 0 Å². The zero-order valence-corrected chi connectivity index (χ0v) is 11.9. The quantitative estimate of drug-likeness (QED) is 0.874. The molecule has 2 aromatic rings. The number of anilines is 2. The number of nitrogens with zero attached hydrogens (tertiary/aromatic N) is 3. The number of hydrogen-bond acceptors (Lipinski definition) is 5. The van der Waals surface area contributed by atoms with Crippen LogP contribution in [0.15, 0.2) is 36.5 Å². The van der Waals surface area contributed by atoms with Crippen LogP contribution < -0.4 is 15.4 Å². The smallest absolute Gasteiger partial charge is 0.156 e. The molecule has 0 spiro atoms. The molecule has 5 nitrogen and oxygen atoms in total. The van der Waals surface area contributed by atoms with Crippen LogP contribution in [0, 0.1) is 6.92 Å². The lowest BCUT2D eigenvalue weighted by molar-refractivity contribution is 0.415. The first-order valence-corrected chi connectivity index (χ1v) is 6.66. The number of rotatable bonds is 6. The molecule has 0 unspecified atom stereocenters. The third-order valence-corrected chi connectivity index (χ3v) is 3.02. The van der Waals surface area contributed by atoms with Gasteiger partial charge in [-0.1, -0.05) is 12.1 Å². The second-order valence-corrected chi connectivity index (χ2v) is 4.56. The maximum absolute atomic E-state index is 5.64. The number of methoxy groups -OCH3 is 1. The van der Waals surface area contributed by atoms with E-state index in [-0.39, 0.29) is 0 Å². The Morgan fingerprint density at radius 1 is 1.30 bits per heavy atom. The summed E-state index contributed by atoms with van der Waals surface area (Å²) in [5.41, 5.74) is 7.69. The van der Waals surface area contributed by atoms with Gasteiger partial charge in [-0.15, -0.1) is 5.10 Å². The largest absolute Gasteiger partial charge is 0.495 e. The van der Waals surface area contributed by atoms with Gasteiger partial charge in [-0.25, -0.2) is 0 Å². The van der Waals surface area contributed by atoms with Gasteiger partial charge in [0.05, 0.1) is 19.0 Å². The number of hydrogen-bond donors (Lipinski definition) is 1.